The van der Waals surface area contributed by atoms with E-state index in [1.54, 1.807) is 7.11 Å². The minimum absolute atomic E-state index is 0.0629. The lowest BCUT2D eigenvalue weighted by Crippen LogP contribution is -2.44. The molecule has 0 amide bonds. The lowest BCUT2D eigenvalue weighted by molar-refractivity contribution is 0.0403. The maximum absolute atomic E-state index is 9.94. The molecule has 0 radical (unpaired) electrons. The molecule has 2 rings (SSSR count). The van der Waals surface area contributed by atoms with Gasteiger partial charge >= 0.3 is 0 Å². The highest BCUT2D eigenvalue weighted by Crippen LogP contribution is 2.49. The highest BCUT2D eigenvalue weighted by Gasteiger charge is 2.44. The van der Waals surface area contributed by atoms with Gasteiger partial charge in [-0.1, -0.05) is 24.6 Å². The number of ether oxygens (including phenoxy) is 1. The summed E-state index contributed by atoms with van der Waals surface area (Å²) in [5, 5.41) is 9.94. The first-order valence-corrected chi connectivity index (χ1v) is 5.52. The van der Waals surface area contributed by atoms with E-state index in [0.29, 0.717) is 0 Å². The van der Waals surface area contributed by atoms with Gasteiger partial charge in [-0.3, -0.25) is 0 Å². The van der Waals surface area contributed by atoms with Gasteiger partial charge in [0, 0.05) is 11.0 Å². The van der Waals surface area contributed by atoms with Crippen molar-refractivity contribution in [3.63, 3.8) is 0 Å². The van der Waals surface area contributed by atoms with Crippen molar-refractivity contribution >= 4 is 0 Å². The Morgan fingerprint density at radius 3 is 2.47 bits per heavy atom. The van der Waals surface area contributed by atoms with Crippen molar-refractivity contribution < 1.29 is 9.84 Å². The molecule has 0 unspecified atom stereocenters. The number of rotatable bonds is 3. The Morgan fingerprint density at radius 1 is 1.33 bits per heavy atom. The summed E-state index contributed by atoms with van der Waals surface area (Å²) < 4.78 is 5.37. The fraction of sp³-hybridized carbons (Fsp3) is 0.538. The molecule has 1 aliphatic rings. The molecule has 2 nitrogen and oxygen atoms in total. The van der Waals surface area contributed by atoms with Gasteiger partial charge in [0.2, 0.25) is 0 Å². The van der Waals surface area contributed by atoms with Gasteiger partial charge < -0.3 is 9.84 Å². The molecule has 0 saturated heterocycles. The van der Waals surface area contributed by atoms with E-state index in [0.717, 1.165) is 24.2 Å². The van der Waals surface area contributed by atoms with Crippen LogP contribution in [0.2, 0.25) is 0 Å². The van der Waals surface area contributed by atoms with Gasteiger partial charge in [0.1, 0.15) is 5.75 Å². The summed E-state index contributed by atoms with van der Waals surface area (Å²) in [6.07, 6.45) is 3.02. The van der Waals surface area contributed by atoms with E-state index < -0.39 is 0 Å². The van der Waals surface area contributed by atoms with E-state index in [9.17, 15) is 5.11 Å². The van der Waals surface area contributed by atoms with Crippen LogP contribution in [-0.4, -0.2) is 18.3 Å². The van der Waals surface area contributed by atoms with Gasteiger partial charge in [-0.25, -0.2) is 0 Å². The summed E-state index contributed by atoms with van der Waals surface area (Å²) in [5.74, 6) is 0.901. The van der Waals surface area contributed by atoms with Crippen molar-refractivity contribution in [1.29, 1.82) is 0 Å². The summed E-state index contributed by atoms with van der Waals surface area (Å²) in [5.41, 5.74) is 1.10. The fourth-order valence-corrected chi connectivity index (χ4v) is 2.53. The second-order valence-corrected chi connectivity index (χ2v) is 4.39. The number of aliphatic hydroxyl groups excluding tert-OH is 1. The summed E-state index contributed by atoms with van der Waals surface area (Å²) >= 11 is 0. The molecular formula is C13H18O2. The Hall–Kier alpha value is -1.02. The third-order valence-electron chi connectivity index (χ3n) is 3.69. The van der Waals surface area contributed by atoms with Gasteiger partial charge in [0.25, 0.3) is 0 Å². The van der Waals surface area contributed by atoms with Crippen molar-refractivity contribution in [2.45, 2.75) is 37.7 Å². The minimum Gasteiger partial charge on any atom is -0.496 e. The standard InChI is InChI=1S/C13H18O2/c1-10(14)13(8-5-9-13)11-6-3-4-7-12(11)15-2/h3-4,6-7,10,14H,5,8-9H2,1-2H3/t10-/m0/s1. The number of hydrogen-bond donors (Lipinski definition) is 1. The molecule has 15 heavy (non-hydrogen) atoms. The largest absolute Gasteiger partial charge is 0.496 e. The monoisotopic (exact) mass is 206 g/mol. The maximum atomic E-state index is 9.94. The van der Waals surface area contributed by atoms with E-state index in [1.807, 2.05) is 25.1 Å². The molecule has 0 heterocycles. The second kappa shape index (κ2) is 3.86. The molecule has 0 bridgehead atoms. The zero-order valence-corrected chi connectivity index (χ0v) is 9.36. The number of para-hydroxylation sites is 1. The average Bonchev–Trinajstić information content (AvgIpc) is 2.16. The van der Waals surface area contributed by atoms with Crippen LogP contribution in [0.4, 0.5) is 0 Å². The van der Waals surface area contributed by atoms with Gasteiger partial charge in [-0.05, 0) is 25.8 Å². The summed E-state index contributed by atoms with van der Waals surface area (Å²) in [6, 6.07) is 8.03. The number of benzene rings is 1. The van der Waals surface area contributed by atoms with Gasteiger partial charge in [0.05, 0.1) is 13.2 Å². The Morgan fingerprint density at radius 2 is 2.00 bits per heavy atom. The number of aliphatic hydroxyl groups is 1. The minimum atomic E-state index is -0.303. The lowest BCUT2D eigenvalue weighted by Gasteiger charge is -2.45. The maximum Gasteiger partial charge on any atom is 0.122 e. The molecule has 1 saturated carbocycles. The van der Waals surface area contributed by atoms with Crippen molar-refractivity contribution in [2.24, 2.45) is 0 Å². The van der Waals surface area contributed by atoms with Crippen LogP contribution < -0.4 is 4.74 Å². The first kappa shape index (κ1) is 10.5. The average molecular weight is 206 g/mol. The summed E-state index contributed by atoms with van der Waals surface area (Å²) in [7, 11) is 1.69. The SMILES string of the molecule is COc1ccccc1C1([C@H](C)O)CCC1. The van der Waals surface area contributed by atoms with Gasteiger partial charge in [-0.2, -0.15) is 0 Å². The van der Waals surface area contributed by atoms with Crippen LogP contribution in [0, 0.1) is 0 Å². The van der Waals surface area contributed by atoms with Crippen molar-refractivity contribution in [2.75, 3.05) is 7.11 Å². The van der Waals surface area contributed by atoms with Crippen molar-refractivity contribution in [3.8, 4) is 5.75 Å². The molecule has 0 aromatic heterocycles. The van der Waals surface area contributed by atoms with E-state index in [-0.39, 0.29) is 11.5 Å². The molecule has 1 aromatic carbocycles. The molecule has 1 fully saturated rings. The number of hydrogen-bond acceptors (Lipinski definition) is 2. The molecule has 0 aliphatic heterocycles. The van der Waals surface area contributed by atoms with Crippen LogP contribution in [0.1, 0.15) is 31.7 Å². The Kier molecular flexibility index (Phi) is 2.70. The Balaban J connectivity index is 2.42. The molecule has 1 aromatic rings. The highest BCUT2D eigenvalue weighted by atomic mass is 16.5. The molecule has 1 aliphatic carbocycles. The second-order valence-electron chi connectivity index (χ2n) is 4.39. The van der Waals surface area contributed by atoms with E-state index in [4.69, 9.17) is 4.74 Å². The third kappa shape index (κ3) is 1.53. The lowest BCUT2D eigenvalue weighted by atomic mass is 9.61. The van der Waals surface area contributed by atoms with Crippen LogP contribution in [-0.2, 0) is 5.41 Å². The predicted molar refractivity (Wildman–Crippen MR) is 60.2 cm³/mol. The van der Waals surface area contributed by atoms with Crippen molar-refractivity contribution in [3.05, 3.63) is 29.8 Å². The Labute approximate surface area is 90.9 Å². The first-order chi connectivity index (χ1) is 7.20. The van der Waals surface area contributed by atoms with Crippen LogP contribution in [0.5, 0.6) is 5.75 Å². The zero-order valence-electron chi connectivity index (χ0n) is 9.36. The first-order valence-electron chi connectivity index (χ1n) is 5.52. The molecular weight excluding hydrogens is 188 g/mol. The smallest absolute Gasteiger partial charge is 0.122 e. The van der Waals surface area contributed by atoms with Gasteiger partial charge in [-0.15, -0.1) is 0 Å². The number of methoxy groups -OCH3 is 1. The van der Waals surface area contributed by atoms with Crippen molar-refractivity contribution in [1.82, 2.24) is 0 Å². The zero-order chi connectivity index (χ0) is 10.9. The van der Waals surface area contributed by atoms with E-state index in [2.05, 4.69) is 6.07 Å². The van der Waals surface area contributed by atoms with Crippen LogP contribution in [0.15, 0.2) is 24.3 Å². The molecule has 1 atom stereocenters. The quantitative estimate of drug-likeness (QED) is 0.823. The normalized spacial score (nSPS) is 20.5. The molecule has 1 N–H and O–H groups in total. The van der Waals surface area contributed by atoms with Crippen LogP contribution in [0.25, 0.3) is 0 Å². The molecule has 2 heteroatoms. The van der Waals surface area contributed by atoms with Crippen LogP contribution in [0.3, 0.4) is 0 Å². The summed E-state index contributed by atoms with van der Waals surface area (Å²) in [4.78, 5) is 0. The Bertz CT molecular complexity index is 340. The molecule has 82 valence electrons. The third-order valence-corrected chi connectivity index (χ3v) is 3.69. The molecule has 0 spiro atoms. The van der Waals surface area contributed by atoms with Gasteiger partial charge in [0.15, 0.2) is 0 Å². The van der Waals surface area contributed by atoms with E-state index >= 15 is 0 Å². The predicted octanol–water partition coefficient (Wildman–Crippen LogP) is 2.50. The topological polar surface area (TPSA) is 29.5 Å². The van der Waals surface area contributed by atoms with E-state index in [1.165, 1.54) is 6.42 Å². The fourth-order valence-electron chi connectivity index (χ4n) is 2.53. The highest BCUT2D eigenvalue weighted by molar-refractivity contribution is 5.42. The summed E-state index contributed by atoms with van der Waals surface area (Å²) in [6.45, 7) is 1.88. The van der Waals surface area contributed by atoms with Crippen LogP contribution >= 0.6 is 0 Å².